The van der Waals surface area contributed by atoms with Crippen LogP contribution in [0, 0.1) is 0 Å². The van der Waals surface area contributed by atoms with Gasteiger partial charge in [-0.1, -0.05) is 18.2 Å². The summed E-state index contributed by atoms with van der Waals surface area (Å²) < 4.78 is 0. The lowest BCUT2D eigenvalue weighted by Gasteiger charge is -2.16. The van der Waals surface area contributed by atoms with Crippen LogP contribution in [0.4, 0.5) is 10.5 Å². The first-order valence-corrected chi connectivity index (χ1v) is 6.96. The van der Waals surface area contributed by atoms with Crippen LogP contribution in [0.15, 0.2) is 41.4 Å². The number of rotatable bonds is 3. The topological polar surface area (TPSA) is 57.7 Å². The molecule has 1 aromatic carbocycles. The van der Waals surface area contributed by atoms with Crippen LogP contribution < -0.4 is 4.90 Å². The molecule has 0 aromatic heterocycles. The Morgan fingerprint density at radius 3 is 2.45 bits per heavy atom. The highest BCUT2D eigenvalue weighted by atomic mass is 32.2. The minimum absolute atomic E-state index is 0.223. The zero-order valence-corrected chi connectivity index (χ0v) is 12.0. The van der Waals surface area contributed by atoms with Crippen molar-refractivity contribution in [2.24, 2.45) is 0 Å². The molecule has 6 heteroatoms. The summed E-state index contributed by atoms with van der Waals surface area (Å²) in [6.45, 7) is 3.47. The molecule has 0 bridgehead atoms. The Morgan fingerprint density at radius 2 is 1.95 bits per heavy atom. The summed E-state index contributed by atoms with van der Waals surface area (Å²) in [6, 6.07) is 8.98. The number of imide groups is 1. The van der Waals surface area contributed by atoms with Crippen LogP contribution in [0.1, 0.15) is 13.8 Å². The highest BCUT2D eigenvalue weighted by molar-refractivity contribution is 8.18. The van der Waals surface area contributed by atoms with Gasteiger partial charge in [0, 0.05) is 25.4 Å². The molecule has 0 aliphatic carbocycles. The van der Waals surface area contributed by atoms with Gasteiger partial charge in [0.05, 0.1) is 4.91 Å². The maximum absolute atomic E-state index is 12.0. The molecule has 0 saturated carbocycles. The molecule has 104 valence electrons. The normalized spacial score (nSPS) is 16.9. The van der Waals surface area contributed by atoms with Gasteiger partial charge in [0.2, 0.25) is 5.91 Å². The molecule has 3 amide bonds. The highest BCUT2D eigenvalue weighted by Gasteiger charge is 2.34. The second kappa shape index (κ2) is 5.92. The van der Waals surface area contributed by atoms with E-state index in [1.807, 2.05) is 6.07 Å². The average Bonchev–Trinajstić information content (AvgIpc) is 2.70. The van der Waals surface area contributed by atoms with E-state index in [1.54, 1.807) is 31.2 Å². The molecule has 0 atom stereocenters. The van der Waals surface area contributed by atoms with Gasteiger partial charge < -0.3 is 0 Å². The van der Waals surface area contributed by atoms with Gasteiger partial charge >= 0.3 is 0 Å². The third-order valence-electron chi connectivity index (χ3n) is 2.81. The number of nitrogens with zero attached hydrogens (tertiary/aromatic N) is 2. The Morgan fingerprint density at radius 1 is 1.30 bits per heavy atom. The zero-order chi connectivity index (χ0) is 14.7. The van der Waals surface area contributed by atoms with E-state index in [4.69, 9.17) is 0 Å². The lowest BCUT2D eigenvalue weighted by molar-refractivity contribution is -0.122. The number of hydrogen-bond acceptors (Lipinski definition) is 4. The minimum Gasteiger partial charge on any atom is -0.287 e. The van der Waals surface area contributed by atoms with Gasteiger partial charge in [-0.2, -0.15) is 0 Å². The maximum atomic E-state index is 12.0. The lowest BCUT2D eigenvalue weighted by Crippen LogP contribution is -2.28. The predicted molar refractivity (Wildman–Crippen MR) is 78.1 cm³/mol. The Hall–Kier alpha value is -2.08. The molecule has 5 nitrogen and oxygen atoms in total. The van der Waals surface area contributed by atoms with Gasteiger partial charge in [0.1, 0.15) is 0 Å². The molecular weight excluding hydrogens is 276 g/mol. The number of carbonyl (C=O) groups excluding carboxylic acids is 3. The van der Waals surface area contributed by atoms with Crippen molar-refractivity contribution >= 4 is 34.5 Å². The van der Waals surface area contributed by atoms with E-state index in [2.05, 4.69) is 0 Å². The number of amides is 3. The summed E-state index contributed by atoms with van der Waals surface area (Å²) in [5.74, 6) is -0.579. The summed E-state index contributed by atoms with van der Waals surface area (Å²) in [4.78, 5) is 38.2. The van der Waals surface area contributed by atoms with Crippen molar-refractivity contribution in [2.75, 3.05) is 11.4 Å². The first-order valence-electron chi connectivity index (χ1n) is 6.15. The average molecular weight is 290 g/mol. The Balaban J connectivity index is 2.34. The molecule has 20 heavy (non-hydrogen) atoms. The van der Waals surface area contributed by atoms with Gasteiger partial charge in [-0.05, 0) is 30.8 Å². The quantitative estimate of drug-likeness (QED) is 0.803. The standard InChI is InChI=1S/C14H14N2O3S/c1-3-15-13(18)12(20-14(15)19)9-16(10(2)17)11-7-5-4-6-8-11/h4-9H,3H2,1-2H3/b12-9-. The Labute approximate surface area is 121 Å². The van der Waals surface area contributed by atoms with Crippen molar-refractivity contribution < 1.29 is 14.4 Å². The number of thioether (sulfide) groups is 1. The summed E-state index contributed by atoms with van der Waals surface area (Å²) in [5, 5.41) is -0.305. The number of likely N-dealkylation sites (N-methyl/N-ethyl adjacent to an activating group) is 1. The smallest absolute Gasteiger partial charge is 0.287 e. The number of carbonyl (C=O) groups is 3. The third kappa shape index (κ3) is 2.75. The van der Waals surface area contributed by atoms with E-state index in [9.17, 15) is 14.4 Å². The first-order chi connectivity index (χ1) is 9.54. The van der Waals surface area contributed by atoms with Gasteiger partial charge in [-0.15, -0.1) is 0 Å². The highest BCUT2D eigenvalue weighted by Crippen LogP contribution is 2.31. The number of benzene rings is 1. The molecule has 2 rings (SSSR count). The van der Waals surface area contributed by atoms with E-state index in [1.165, 1.54) is 18.0 Å². The van der Waals surface area contributed by atoms with Gasteiger partial charge in [0.15, 0.2) is 0 Å². The van der Waals surface area contributed by atoms with Gasteiger partial charge in [0.25, 0.3) is 11.1 Å². The van der Waals surface area contributed by atoms with Crippen molar-refractivity contribution in [3.8, 4) is 0 Å². The van der Waals surface area contributed by atoms with Crippen molar-refractivity contribution in [1.82, 2.24) is 4.90 Å². The van der Waals surface area contributed by atoms with Gasteiger partial charge in [-0.25, -0.2) is 0 Å². The van der Waals surface area contributed by atoms with Gasteiger partial charge in [-0.3, -0.25) is 24.2 Å². The lowest BCUT2D eigenvalue weighted by atomic mass is 10.3. The summed E-state index contributed by atoms with van der Waals surface area (Å²) in [7, 11) is 0. The molecule has 0 N–H and O–H groups in total. The second-order valence-corrected chi connectivity index (χ2v) is 5.13. The van der Waals surface area contributed by atoms with Crippen molar-refractivity contribution in [1.29, 1.82) is 0 Å². The third-order valence-corrected chi connectivity index (χ3v) is 3.70. The maximum Gasteiger partial charge on any atom is 0.293 e. The van der Waals surface area contributed by atoms with Crippen LogP contribution in [-0.4, -0.2) is 28.5 Å². The van der Waals surface area contributed by atoms with E-state index in [-0.39, 0.29) is 22.0 Å². The SMILES string of the molecule is CCN1C(=O)S/C(=C\N(C(C)=O)c2ccccc2)C1=O. The molecule has 0 unspecified atom stereocenters. The minimum atomic E-state index is -0.357. The fraction of sp³-hybridized carbons (Fsp3) is 0.214. The Kier molecular flexibility index (Phi) is 4.24. The van der Waals surface area contributed by atoms with Crippen molar-refractivity contribution in [2.45, 2.75) is 13.8 Å². The van der Waals surface area contributed by atoms with Crippen LogP contribution >= 0.6 is 11.8 Å². The van der Waals surface area contributed by atoms with Crippen LogP contribution in [-0.2, 0) is 9.59 Å². The van der Waals surface area contributed by atoms with Crippen molar-refractivity contribution in [3.63, 3.8) is 0 Å². The van der Waals surface area contributed by atoms with Crippen LogP contribution in [0.25, 0.3) is 0 Å². The molecule has 1 aromatic rings. The molecular formula is C14H14N2O3S. The molecule has 1 heterocycles. The fourth-order valence-electron chi connectivity index (χ4n) is 1.82. The van der Waals surface area contributed by atoms with Crippen LogP contribution in [0.5, 0.6) is 0 Å². The largest absolute Gasteiger partial charge is 0.293 e. The van der Waals surface area contributed by atoms with Crippen LogP contribution in [0.2, 0.25) is 0 Å². The van der Waals surface area contributed by atoms with E-state index >= 15 is 0 Å². The molecule has 1 aliphatic rings. The predicted octanol–water partition coefficient (Wildman–Crippen LogP) is 2.60. The fourth-order valence-corrected chi connectivity index (χ4v) is 2.68. The van der Waals surface area contributed by atoms with Crippen molar-refractivity contribution in [3.05, 3.63) is 41.4 Å². The number of anilines is 1. The Bertz CT molecular complexity index is 583. The van der Waals surface area contributed by atoms with Crippen LogP contribution in [0.3, 0.4) is 0 Å². The van der Waals surface area contributed by atoms with E-state index in [0.29, 0.717) is 12.2 Å². The number of hydrogen-bond donors (Lipinski definition) is 0. The summed E-state index contributed by atoms with van der Waals surface area (Å²) >= 11 is 0.851. The molecule has 1 fully saturated rings. The summed E-state index contributed by atoms with van der Waals surface area (Å²) in [5.41, 5.74) is 0.656. The molecule has 1 saturated heterocycles. The molecule has 0 radical (unpaired) electrons. The number of para-hydroxylation sites is 1. The second-order valence-electron chi connectivity index (χ2n) is 4.14. The first kappa shape index (κ1) is 14.3. The van der Waals surface area contributed by atoms with E-state index in [0.717, 1.165) is 16.7 Å². The van der Waals surface area contributed by atoms with E-state index < -0.39 is 0 Å². The molecule has 0 spiro atoms. The monoisotopic (exact) mass is 290 g/mol. The zero-order valence-electron chi connectivity index (χ0n) is 11.2. The summed E-state index contributed by atoms with van der Waals surface area (Å²) in [6.07, 6.45) is 1.43. The molecule has 1 aliphatic heterocycles.